The summed E-state index contributed by atoms with van der Waals surface area (Å²) in [5, 5.41) is 11.7. The Morgan fingerprint density at radius 1 is 1.47 bits per heavy atom. The molecule has 0 aliphatic heterocycles. The summed E-state index contributed by atoms with van der Waals surface area (Å²) in [7, 11) is 0. The van der Waals surface area contributed by atoms with Crippen LogP contribution in [0.1, 0.15) is 30.1 Å². The number of carboxylic acids is 1. The first kappa shape index (κ1) is 15.5. The lowest BCUT2D eigenvalue weighted by atomic mass is 10.0. The zero-order chi connectivity index (χ0) is 14.4. The molecule has 0 heterocycles. The second-order valence-corrected chi connectivity index (χ2v) is 4.67. The summed E-state index contributed by atoms with van der Waals surface area (Å²) >= 11 is 5.92. The predicted molar refractivity (Wildman–Crippen MR) is 74.5 cm³/mol. The van der Waals surface area contributed by atoms with Gasteiger partial charge >= 0.3 is 5.97 Å². The Labute approximate surface area is 116 Å². The number of aromatic carboxylic acids is 1. The van der Waals surface area contributed by atoms with Crippen LogP contribution in [0.15, 0.2) is 18.2 Å². The molecule has 0 saturated carbocycles. The molecule has 0 bridgehead atoms. The van der Waals surface area contributed by atoms with Gasteiger partial charge in [0, 0.05) is 6.42 Å². The zero-order valence-corrected chi connectivity index (χ0v) is 11.4. The molecule has 1 atom stereocenters. The number of carboxylic acid groups (broad SMARTS) is 1. The number of benzene rings is 1. The topological polar surface area (TPSA) is 92.4 Å². The Balaban J connectivity index is 2.72. The van der Waals surface area contributed by atoms with Crippen molar-refractivity contribution in [1.29, 1.82) is 0 Å². The molecule has 0 radical (unpaired) electrons. The van der Waals surface area contributed by atoms with E-state index in [0.717, 1.165) is 6.42 Å². The minimum Gasteiger partial charge on any atom is -0.478 e. The SMILES string of the molecule is CCC(CN)CC(=O)Nc1ccc(C(=O)O)cc1Cl. The van der Waals surface area contributed by atoms with Crippen molar-refractivity contribution in [2.24, 2.45) is 11.7 Å². The number of anilines is 1. The smallest absolute Gasteiger partial charge is 0.335 e. The molecule has 0 aromatic heterocycles. The summed E-state index contributed by atoms with van der Waals surface area (Å²) in [6, 6.07) is 4.18. The molecule has 0 saturated heterocycles. The van der Waals surface area contributed by atoms with Gasteiger partial charge in [0.05, 0.1) is 16.3 Å². The molecule has 6 heteroatoms. The average molecular weight is 285 g/mol. The van der Waals surface area contributed by atoms with E-state index in [1.54, 1.807) is 0 Å². The summed E-state index contributed by atoms with van der Waals surface area (Å²) in [6.07, 6.45) is 1.15. The molecule has 1 amide bonds. The van der Waals surface area contributed by atoms with Gasteiger partial charge in [-0.25, -0.2) is 4.79 Å². The van der Waals surface area contributed by atoms with Crippen molar-refractivity contribution in [3.05, 3.63) is 28.8 Å². The van der Waals surface area contributed by atoms with Gasteiger partial charge in [0.2, 0.25) is 5.91 Å². The summed E-state index contributed by atoms with van der Waals surface area (Å²) < 4.78 is 0. The Bertz CT molecular complexity index is 473. The lowest BCUT2D eigenvalue weighted by Crippen LogP contribution is -2.21. The highest BCUT2D eigenvalue weighted by Crippen LogP contribution is 2.23. The first-order chi connectivity index (χ1) is 8.97. The standard InChI is InChI=1S/C13H17ClN2O3/c1-2-8(7-15)5-12(17)16-11-4-3-9(13(18)19)6-10(11)14/h3-4,6,8H,2,5,7,15H2,1H3,(H,16,17)(H,18,19). The van der Waals surface area contributed by atoms with Gasteiger partial charge in [-0.15, -0.1) is 0 Å². The van der Waals surface area contributed by atoms with Gasteiger partial charge in [-0.05, 0) is 30.7 Å². The van der Waals surface area contributed by atoms with E-state index in [2.05, 4.69) is 5.32 Å². The number of carbonyl (C=O) groups excluding carboxylic acids is 1. The van der Waals surface area contributed by atoms with Crippen LogP contribution in [-0.4, -0.2) is 23.5 Å². The van der Waals surface area contributed by atoms with E-state index < -0.39 is 5.97 Å². The summed E-state index contributed by atoms with van der Waals surface area (Å²) in [6.45, 7) is 2.43. The van der Waals surface area contributed by atoms with Crippen molar-refractivity contribution >= 4 is 29.2 Å². The fourth-order valence-corrected chi connectivity index (χ4v) is 1.84. The van der Waals surface area contributed by atoms with Gasteiger partial charge in [0.1, 0.15) is 0 Å². The lowest BCUT2D eigenvalue weighted by molar-refractivity contribution is -0.117. The molecule has 0 aliphatic carbocycles. The fraction of sp³-hybridized carbons (Fsp3) is 0.385. The van der Waals surface area contributed by atoms with Crippen LogP contribution in [-0.2, 0) is 4.79 Å². The molecule has 1 unspecified atom stereocenters. The number of hydrogen-bond acceptors (Lipinski definition) is 3. The Morgan fingerprint density at radius 3 is 2.63 bits per heavy atom. The zero-order valence-electron chi connectivity index (χ0n) is 10.6. The molecule has 0 spiro atoms. The van der Waals surface area contributed by atoms with E-state index in [-0.39, 0.29) is 22.4 Å². The molecule has 5 nitrogen and oxygen atoms in total. The molecule has 4 N–H and O–H groups in total. The second-order valence-electron chi connectivity index (χ2n) is 4.26. The lowest BCUT2D eigenvalue weighted by Gasteiger charge is -2.13. The van der Waals surface area contributed by atoms with E-state index in [1.165, 1.54) is 18.2 Å². The number of hydrogen-bond donors (Lipinski definition) is 3. The number of rotatable bonds is 6. The van der Waals surface area contributed by atoms with Crippen LogP contribution < -0.4 is 11.1 Å². The average Bonchev–Trinajstić information content (AvgIpc) is 2.38. The molecular formula is C13H17ClN2O3. The van der Waals surface area contributed by atoms with Crippen molar-refractivity contribution in [1.82, 2.24) is 0 Å². The quantitative estimate of drug-likeness (QED) is 0.747. The molecule has 0 fully saturated rings. The molecule has 1 aromatic carbocycles. The maximum atomic E-state index is 11.8. The first-order valence-electron chi connectivity index (χ1n) is 6.00. The van der Waals surface area contributed by atoms with E-state index in [1.807, 2.05) is 6.92 Å². The maximum absolute atomic E-state index is 11.8. The molecule has 19 heavy (non-hydrogen) atoms. The monoisotopic (exact) mass is 284 g/mol. The number of nitrogens with one attached hydrogen (secondary N) is 1. The molecule has 0 aliphatic rings. The number of halogens is 1. The van der Waals surface area contributed by atoms with Crippen molar-refractivity contribution in [3.63, 3.8) is 0 Å². The van der Waals surface area contributed by atoms with Crippen molar-refractivity contribution in [3.8, 4) is 0 Å². The van der Waals surface area contributed by atoms with Crippen LogP contribution in [0.4, 0.5) is 5.69 Å². The fourth-order valence-electron chi connectivity index (χ4n) is 1.61. The van der Waals surface area contributed by atoms with Crippen molar-refractivity contribution < 1.29 is 14.7 Å². The van der Waals surface area contributed by atoms with E-state index >= 15 is 0 Å². The normalized spacial score (nSPS) is 11.9. The summed E-state index contributed by atoms with van der Waals surface area (Å²) in [5.74, 6) is -1.10. The number of amides is 1. The van der Waals surface area contributed by atoms with Crippen molar-refractivity contribution in [2.45, 2.75) is 19.8 Å². The second kappa shape index (κ2) is 7.11. The van der Waals surface area contributed by atoms with Crippen LogP contribution in [0.5, 0.6) is 0 Å². The van der Waals surface area contributed by atoms with Gasteiger partial charge in [0.15, 0.2) is 0 Å². The van der Waals surface area contributed by atoms with Gasteiger partial charge < -0.3 is 16.2 Å². The third-order valence-electron chi connectivity index (χ3n) is 2.87. The minimum atomic E-state index is -1.06. The van der Waals surface area contributed by atoms with Crippen LogP contribution in [0.3, 0.4) is 0 Å². The Hall–Kier alpha value is -1.59. The highest BCUT2D eigenvalue weighted by atomic mass is 35.5. The maximum Gasteiger partial charge on any atom is 0.335 e. The molecule has 104 valence electrons. The van der Waals surface area contributed by atoms with Crippen molar-refractivity contribution in [2.75, 3.05) is 11.9 Å². The molecular weight excluding hydrogens is 268 g/mol. The Morgan fingerprint density at radius 2 is 2.16 bits per heavy atom. The third-order valence-corrected chi connectivity index (χ3v) is 3.19. The van der Waals surface area contributed by atoms with E-state index in [4.69, 9.17) is 22.4 Å². The van der Waals surface area contributed by atoms with Crippen LogP contribution in [0.25, 0.3) is 0 Å². The summed E-state index contributed by atoms with van der Waals surface area (Å²) in [5.41, 5.74) is 6.02. The highest BCUT2D eigenvalue weighted by Gasteiger charge is 2.13. The van der Waals surface area contributed by atoms with Gasteiger partial charge in [-0.3, -0.25) is 4.79 Å². The minimum absolute atomic E-state index is 0.0800. The van der Waals surface area contributed by atoms with Crippen LogP contribution >= 0.6 is 11.6 Å². The van der Waals surface area contributed by atoms with Crippen LogP contribution in [0.2, 0.25) is 5.02 Å². The molecule has 1 rings (SSSR count). The number of nitrogens with two attached hydrogens (primary N) is 1. The van der Waals surface area contributed by atoms with Crippen LogP contribution in [0, 0.1) is 5.92 Å². The van der Waals surface area contributed by atoms with E-state index in [0.29, 0.717) is 18.7 Å². The largest absolute Gasteiger partial charge is 0.478 e. The number of carbonyl (C=O) groups is 2. The highest BCUT2D eigenvalue weighted by molar-refractivity contribution is 6.34. The first-order valence-corrected chi connectivity index (χ1v) is 6.38. The Kier molecular flexibility index (Phi) is 5.79. The van der Waals surface area contributed by atoms with Gasteiger partial charge in [-0.1, -0.05) is 24.9 Å². The predicted octanol–water partition coefficient (Wildman–Crippen LogP) is 2.35. The summed E-state index contributed by atoms with van der Waals surface area (Å²) in [4.78, 5) is 22.5. The van der Waals surface area contributed by atoms with E-state index in [9.17, 15) is 9.59 Å². The van der Waals surface area contributed by atoms with Gasteiger partial charge in [-0.2, -0.15) is 0 Å². The molecule has 1 aromatic rings. The van der Waals surface area contributed by atoms with Gasteiger partial charge in [0.25, 0.3) is 0 Å². The third kappa shape index (κ3) is 4.54.